The van der Waals surface area contributed by atoms with Crippen LogP contribution in [0.1, 0.15) is 72.1 Å². The summed E-state index contributed by atoms with van der Waals surface area (Å²) in [6, 6.07) is 3.61. The van der Waals surface area contributed by atoms with Gasteiger partial charge in [0.15, 0.2) is 0 Å². The van der Waals surface area contributed by atoms with Gasteiger partial charge in [-0.1, -0.05) is 13.8 Å². The molecule has 7 heteroatoms. The minimum absolute atomic E-state index is 0.0948. The van der Waals surface area contributed by atoms with Gasteiger partial charge in [0.25, 0.3) is 5.56 Å². The Morgan fingerprint density at radius 3 is 2.70 bits per heavy atom. The number of aromatic amines is 1. The minimum Gasteiger partial charge on any atom is -0.492 e. The number of carbonyl (C=O) groups is 1. The zero-order valence-corrected chi connectivity index (χ0v) is 17.7. The van der Waals surface area contributed by atoms with Gasteiger partial charge in [-0.25, -0.2) is 9.78 Å². The van der Waals surface area contributed by atoms with Crippen molar-refractivity contribution < 1.29 is 19.4 Å². The van der Waals surface area contributed by atoms with Crippen LogP contribution in [0.5, 0.6) is 5.75 Å². The molecule has 1 unspecified atom stereocenters. The molecule has 30 heavy (non-hydrogen) atoms. The topological polar surface area (TPSA) is 102 Å². The maximum atomic E-state index is 12.4. The Hall–Kier alpha value is -2.67. The fraction of sp³-hybridized carbons (Fsp3) is 0.522. The molecule has 2 N–H and O–H groups in total. The van der Waals surface area contributed by atoms with Crippen molar-refractivity contribution in [2.75, 3.05) is 20.3 Å². The third kappa shape index (κ3) is 3.86. The number of H-pyrrole nitrogens is 1. The Labute approximate surface area is 175 Å². The fourth-order valence-electron chi connectivity index (χ4n) is 4.21. The first-order valence-electron chi connectivity index (χ1n) is 10.6. The third-order valence-electron chi connectivity index (χ3n) is 5.99. The predicted octanol–water partition coefficient (Wildman–Crippen LogP) is 3.72. The monoisotopic (exact) mass is 412 g/mol. The first-order valence-corrected chi connectivity index (χ1v) is 10.6. The van der Waals surface area contributed by atoms with Gasteiger partial charge in [-0.2, -0.15) is 0 Å². The van der Waals surface area contributed by atoms with Crippen molar-refractivity contribution in [1.82, 2.24) is 9.97 Å². The van der Waals surface area contributed by atoms with Gasteiger partial charge in [-0.15, -0.1) is 0 Å². The number of hydrogen-bond donors (Lipinski definition) is 2. The van der Waals surface area contributed by atoms with Gasteiger partial charge in [0.1, 0.15) is 11.3 Å². The Morgan fingerprint density at radius 2 is 2.07 bits per heavy atom. The quantitative estimate of drug-likeness (QED) is 0.641. The summed E-state index contributed by atoms with van der Waals surface area (Å²) in [5.41, 5.74) is 3.42. The van der Waals surface area contributed by atoms with Gasteiger partial charge >= 0.3 is 5.97 Å². The zero-order valence-electron chi connectivity index (χ0n) is 17.7. The van der Waals surface area contributed by atoms with Crippen LogP contribution in [0.25, 0.3) is 11.4 Å². The van der Waals surface area contributed by atoms with Gasteiger partial charge in [-0.3, -0.25) is 4.79 Å². The van der Waals surface area contributed by atoms with E-state index in [0.717, 1.165) is 53.9 Å². The van der Waals surface area contributed by atoms with E-state index in [2.05, 4.69) is 24.9 Å². The molecule has 0 aromatic carbocycles. The summed E-state index contributed by atoms with van der Waals surface area (Å²) < 4.78 is 11.2. The number of nitrogens with one attached hydrogen (secondary N) is 1. The van der Waals surface area contributed by atoms with E-state index in [9.17, 15) is 14.7 Å². The molecule has 2 aromatic rings. The highest BCUT2D eigenvalue weighted by molar-refractivity contribution is 5.88. The van der Waals surface area contributed by atoms with Crippen molar-refractivity contribution in [2.24, 2.45) is 5.92 Å². The SMILES string of the molecule is COCCCOc1cc2c(nc1C1CC1)-c1[nH]c(=O)c(C(=O)O)cc1C(C(C)C)C2. The lowest BCUT2D eigenvalue weighted by atomic mass is 9.77. The minimum atomic E-state index is -1.21. The molecule has 0 aliphatic heterocycles. The van der Waals surface area contributed by atoms with Crippen LogP contribution >= 0.6 is 0 Å². The van der Waals surface area contributed by atoms with Crippen molar-refractivity contribution in [3.05, 3.63) is 44.9 Å². The molecule has 1 saturated carbocycles. The summed E-state index contributed by atoms with van der Waals surface area (Å²) in [6.07, 6.45) is 3.70. The highest BCUT2D eigenvalue weighted by atomic mass is 16.5. The molecule has 0 saturated heterocycles. The van der Waals surface area contributed by atoms with Gasteiger partial charge in [0.2, 0.25) is 0 Å². The summed E-state index contributed by atoms with van der Waals surface area (Å²) in [6.45, 7) is 5.43. The summed E-state index contributed by atoms with van der Waals surface area (Å²) in [5.74, 6) is 0.363. The Balaban J connectivity index is 1.81. The molecule has 2 aliphatic carbocycles. The van der Waals surface area contributed by atoms with Crippen LogP contribution in [-0.4, -0.2) is 41.4 Å². The molecule has 2 aromatic heterocycles. The number of ether oxygens (including phenoxy) is 2. The smallest absolute Gasteiger partial charge is 0.341 e. The second-order valence-electron chi connectivity index (χ2n) is 8.55. The molecule has 2 heterocycles. The van der Waals surface area contributed by atoms with Gasteiger partial charge < -0.3 is 19.6 Å². The van der Waals surface area contributed by atoms with Crippen molar-refractivity contribution in [2.45, 2.75) is 51.4 Å². The van der Waals surface area contributed by atoms with Crippen molar-refractivity contribution in [3.8, 4) is 17.1 Å². The Kier molecular flexibility index (Phi) is 5.64. The van der Waals surface area contributed by atoms with Gasteiger partial charge in [0, 0.05) is 26.1 Å². The van der Waals surface area contributed by atoms with Crippen molar-refractivity contribution in [1.29, 1.82) is 0 Å². The second-order valence-corrected chi connectivity index (χ2v) is 8.55. The first kappa shape index (κ1) is 20.6. The second kappa shape index (κ2) is 8.22. The van der Waals surface area contributed by atoms with E-state index in [-0.39, 0.29) is 17.4 Å². The first-order chi connectivity index (χ1) is 14.4. The molecule has 160 valence electrons. The molecule has 0 spiro atoms. The van der Waals surface area contributed by atoms with Crippen LogP contribution in [0.4, 0.5) is 0 Å². The lowest BCUT2D eigenvalue weighted by Crippen LogP contribution is -2.25. The van der Waals surface area contributed by atoms with Crippen LogP contribution in [0.3, 0.4) is 0 Å². The average molecular weight is 412 g/mol. The van der Waals surface area contributed by atoms with E-state index in [1.54, 1.807) is 7.11 Å². The van der Waals surface area contributed by atoms with E-state index < -0.39 is 11.5 Å². The fourth-order valence-corrected chi connectivity index (χ4v) is 4.21. The van der Waals surface area contributed by atoms with Crippen LogP contribution in [0.2, 0.25) is 0 Å². The third-order valence-corrected chi connectivity index (χ3v) is 5.99. The molecular formula is C23H28N2O5. The maximum Gasteiger partial charge on any atom is 0.341 e. The number of hydrogen-bond acceptors (Lipinski definition) is 5. The predicted molar refractivity (Wildman–Crippen MR) is 112 cm³/mol. The number of rotatable bonds is 8. The lowest BCUT2D eigenvalue weighted by molar-refractivity contribution is 0.0694. The van der Waals surface area contributed by atoms with Crippen LogP contribution in [-0.2, 0) is 11.2 Å². The van der Waals surface area contributed by atoms with Crippen LogP contribution < -0.4 is 10.3 Å². The summed E-state index contributed by atoms with van der Waals surface area (Å²) in [7, 11) is 1.68. The maximum absolute atomic E-state index is 12.4. The Bertz CT molecular complexity index is 1020. The number of methoxy groups -OCH3 is 1. The number of carboxylic acids is 1. The zero-order chi connectivity index (χ0) is 21.4. The number of nitrogens with zero attached hydrogens (tertiary/aromatic N) is 1. The number of carboxylic acid groups (broad SMARTS) is 1. The van der Waals surface area contributed by atoms with E-state index in [0.29, 0.717) is 24.8 Å². The van der Waals surface area contributed by atoms with Crippen LogP contribution in [0, 0.1) is 5.92 Å². The molecule has 0 amide bonds. The number of fused-ring (bicyclic) bond motifs is 3. The van der Waals surface area contributed by atoms with E-state index >= 15 is 0 Å². The lowest BCUT2D eigenvalue weighted by Gasteiger charge is -2.30. The standard InChI is InChI=1S/C23H28N2O5/c1-12(2)15-9-14-10-18(30-8-4-7-29-3)19(13-5-6-13)24-20(14)21-16(15)11-17(23(27)28)22(26)25-21/h10-13,15H,4-9H2,1-3H3,(H,25,26)(H,27,28). The highest BCUT2D eigenvalue weighted by Crippen LogP contribution is 2.47. The van der Waals surface area contributed by atoms with E-state index in [4.69, 9.17) is 14.5 Å². The number of pyridine rings is 2. The molecule has 0 bridgehead atoms. The van der Waals surface area contributed by atoms with Gasteiger partial charge in [0.05, 0.1) is 23.7 Å². The largest absolute Gasteiger partial charge is 0.492 e. The van der Waals surface area contributed by atoms with E-state index in [1.165, 1.54) is 6.07 Å². The van der Waals surface area contributed by atoms with E-state index in [1.807, 2.05) is 0 Å². The highest BCUT2D eigenvalue weighted by Gasteiger charge is 2.34. The van der Waals surface area contributed by atoms with Crippen LogP contribution in [0.15, 0.2) is 16.9 Å². The molecule has 7 nitrogen and oxygen atoms in total. The van der Waals surface area contributed by atoms with Crippen molar-refractivity contribution in [3.63, 3.8) is 0 Å². The molecule has 0 radical (unpaired) electrons. The summed E-state index contributed by atoms with van der Waals surface area (Å²) >= 11 is 0. The number of aromatic nitrogens is 2. The summed E-state index contributed by atoms with van der Waals surface area (Å²) in [4.78, 5) is 31.7. The summed E-state index contributed by atoms with van der Waals surface area (Å²) in [5, 5.41) is 9.41. The molecule has 1 fully saturated rings. The van der Waals surface area contributed by atoms with Crippen molar-refractivity contribution >= 4 is 5.97 Å². The molecular weight excluding hydrogens is 384 g/mol. The average Bonchev–Trinajstić information content (AvgIpc) is 3.54. The number of aromatic carboxylic acids is 1. The molecule has 1 atom stereocenters. The normalized spacial score (nSPS) is 17.5. The van der Waals surface area contributed by atoms with Gasteiger partial charge in [-0.05, 0) is 54.4 Å². The molecule has 4 rings (SSSR count). The molecule has 2 aliphatic rings. The Morgan fingerprint density at radius 1 is 1.30 bits per heavy atom.